The number of thioether (sulfide) groups is 1. The number of ether oxygens (including phenoxy) is 1. The molecule has 1 aromatic heterocycles. The molecule has 18 heavy (non-hydrogen) atoms. The highest BCUT2D eigenvalue weighted by Gasteiger charge is 2.16. The lowest BCUT2D eigenvalue weighted by atomic mass is 10.4. The van der Waals surface area contributed by atoms with Crippen molar-refractivity contribution in [3.8, 4) is 0 Å². The van der Waals surface area contributed by atoms with Gasteiger partial charge in [0.1, 0.15) is 0 Å². The van der Waals surface area contributed by atoms with E-state index in [9.17, 15) is 0 Å². The zero-order valence-electron chi connectivity index (χ0n) is 10.3. The summed E-state index contributed by atoms with van der Waals surface area (Å²) < 4.78 is 5.31. The third-order valence-electron chi connectivity index (χ3n) is 2.47. The Hall–Kier alpha value is -1.12. The van der Waals surface area contributed by atoms with Crippen LogP contribution in [0.15, 0.2) is 5.16 Å². The maximum Gasteiger partial charge on any atom is 0.231 e. The predicted molar refractivity (Wildman–Crippen MR) is 70.2 cm³/mol. The fourth-order valence-electron chi connectivity index (χ4n) is 1.59. The highest BCUT2D eigenvalue weighted by molar-refractivity contribution is 7.98. The molecule has 2 N–H and O–H groups in total. The van der Waals surface area contributed by atoms with Crippen molar-refractivity contribution in [2.75, 3.05) is 55.9 Å². The van der Waals surface area contributed by atoms with Gasteiger partial charge in [0.2, 0.25) is 11.9 Å². The molecule has 0 saturated carbocycles. The van der Waals surface area contributed by atoms with E-state index in [4.69, 9.17) is 9.84 Å². The number of aromatic nitrogens is 3. The number of morpholine rings is 1. The summed E-state index contributed by atoms with van der Waals surface area (Å²) in [6.07, 6.45) is 1.92. The first kappa shape index (κ1) is 13.3. The number of nitrogens with one attached hydrogen (secondary N) is 1. The fraction of sp³-hybridized carbons (Fsp3) is 0.700. The van der Waals surface area contributed by atoms with E-state index in [1.165, 1.54) is 11.8 Å². The molecule has 2 heterocycles. The first-order valence-corrected chi connectivity index (χ1v) is 7.03. The van der Waals surface area contributed by atoms with Crippen LogP contribution >= 0.6 is 11.8 Å². The smallest absolute Gasteiger partial charge is 0.231 e. The number of aliphatic hydroxyl groups is 1. The Morgan fingerprint density at radius 1 is 1.33 bits per heavy atom. The SMILES string of the molecule is CSc1nc(NCCO)nc(N2CCOCC2)n1. The van der Waals surface area contributed by atoms with Gasteiger partial charge in [-0.15, -0.1) is 0 Å². The van der Waals surface area contributed by atoms with Crippen LogP contribution in [0, 0.1) is 0 Å². The van der Waals surface area contributed by atoms with Crippen LogP contribution in [0.1, 0.15) is 0 Å². The Kier molecular flexibility index (Phi) is 4.97. The summed E-state index contributed by atoms with van der Waals surface area (Å²) in [7, 11) is 0. The second-order valence-corrected chi connectivity index (χ2v) is 4.47. The van der Waals surface area contributed by atoms with E-state index in [0.717, 1.165) is 13.1 Å². The molecule has 1 aliphatic rings. The van der Waals surface area contributed by atoms with Gasteiger partial charge in [0.15, 0.2) is 5.16 Å². The second kappa shape index (κ2) is 6.72. The predicted octanol–water partition coefficient (Wildman–Crippen LogP) is -0.166. The van der Waals surface area contributed by atoms with Crippen LogP contribution < -0.4 is 10.2 Å². The molecule has 2 rings (SSSR count). The molecule has 1 aliphatic heterocycles. The topological polar surface area (TPSA) is 83.4 Å². The van der Waals surface area contributed by atoms with Gasteiger partial charge in [-0.2, -0.15) is 15.0 Å². The van der Waals surface area contributed by atoms with E-state index in [2.05, 4.69) is 25.2 Å². The van der Waals surface area contributed by atoms with Crippen LogP contribution in [0.4, 0.5) is 11.9 Å². The van der Waals surface area contributed by atoms with Crippen LogP contribution in [-0.4, -0.2) is 65.8 Å². The van der Waals surface area contributed by atoms with Crippen molar-refractivity contribution in [2.45, 2.75) is 5.16 Å². The maximum atomic E-state index is 8.81. The number of hydrogen-bond acceptors (Lipinski definition) is 8. The van der Waals surface area contributed by atoms with Crippen molar-refractivity contribution in [2.24, 2.45) is 0 Å². The summed E-state index contributed by atoms with van der Waals surface area (Å²) in [6, 6.07) is 0. The summed E-state index contributed by atoms with van der Waals surface area (Å²) in [5, 5.41) is 12.4. The monoisotopic (exact) mass is 271 g/mol. The Morgan fingerprint density at radius 3 is 2.78 bits per heavy atom. The van der Waals surface area contributed by atoms with Gasteiger partial charge < -0.3 is 20.1 Å². The molecule has 0 aliphatic carbocycles. The summed E-state index contributed by atoms with van der Waals surface area (Å²) in [6.45, 7) is 3.45. The minimum Gasteiger partial charge on any atom is -0.395 e. The third-order valence-corrected chi connectivity index (χ3v) is 3.02. The molecule has 100 valence electrons. The summed E-state index contributed by atoms with van der Waals surface area (Å²) in [5.41, 5.74) is 0. The van der Waals surface area contributed by atoms with Crippen LogP contribution in [0.2, 0.25) is 0 Å². The average Bonchev–Trinajstić information content (AvgIpc) is 2.45. The third kappa shape index (κ3) is 3.44. The van der Waals surface area contributed by atoms with E-state index in [1.54, 1.807) is 0 Å². The zero-order chi connectivity index (χ0) is 12.8. The molecule has 1 aromatic rings. The van der Waals surface area contributed by atoms with Gasteiger partial charge in [-0.1, -0.05) is 11.8 Å². The minimum atomic E-state index is 0.0488. The molecule has 0 unspecified atom stereocenters. The molecule has 0 aromatic carbocycles. The lowest BCUT2D eigenvalue weighted by Crippen LogP contribution is -2.37. The number of anilines is 2. The van der Waals surface area contributed by atoms with Crippen molar-refractivity contribution >= 4 is 23.7 Å². The molecule has 7 nitrogen and oxygen atoms in total. The van der Waals surface area contributed by atoms with Gasteiger partial charge in [0.05, 0.1) is 19.8 Å². The normalized spacial score (nSPS) is 15.8. The second-order valence-electron chi connectivity index (χ2n) is 3.70. The van der Waals surface area contributed by atoms with E-state index in [-0.39, 0.29) is 6.61 Å². The Morgan fingerprint density at radius 2 is 2.11 bits per heavy atom. The molecule has 0 radical (unpaired) electrons. The van der Waals surface area contributed by atoms with Gasteiger partial charge in [-0.25, -0.2) is 0 Å². The van der Waals surface area contributed by atoms with E-state index in [0.29, 0.717) is 36.8 Å². The fourth-order valence-corrected chi connectivity index (χ4v) is 1.94. The first-order chi connectivity index (χ1) is 8.83. The summed E-state index contributed by atoms with van der Waals surface area (Å²) in [5.74, 6) is 1.17. The van der Waals surface area contributed by atoms with Crippen molar-refractivity contribution in [1.82, 2.24) is 15.0 Å². The molecule has 0 bridgehead atoms. The van der Waals surface area contributed by atoms with Gasteiger partial charge in [-0.05, 0) is 6.26 Å². The van der Waals surface area contributed by atoms with Crippen molar-refractivity contribution in [3.63, 3.8) is 0 Å². The molecule has 0 spiro atoms. The molecule has 1 saturated heterocycles. The molecular formula is C10H17N5O2S. The summed E-state index contributed by atoms with van der Waals surface area (Å²) in [4.78, 5) is 15.1. The highest BCUT2D eigenvalue weighted by Crippen LogP contribution is 2.17. The number of aliphatic hydroxyl groups excluding tert-OH is 1. The van der Waals surface area contributed by atoms with E-state index >= 15 is 0 Å². The molecule has 0 atom stereocenters. The lowest BCUT2D eigenvalue weighted by Gasteiger charge is -2.27. The molecule has 1 fully saturated rings. The Balaban J connectivity index is 2.16. The number of nitrogens with zero attached hydrogens (tertiary/aromatic N) is 4. The van der Waals surface area contributed by atoms with Gasteiger partial charge >= 0.3 is 0 Å². The average molecular weight is 271 g/mol. The largest absolute Gasteiger partial charge is 0.395 e. The highest BCUT2D eigenvalue weighted by atomic mass is 32.2. The Labute approximate surface area is 110 Å². The first-order valence-electron chi connectivity index (χ1n) is 5.81. The van der Waals surface area contributed by atoms with Crippen molar-refractivity contribution in [1.29, 1.82) is 0 Å². The van der Waals surface area contributed by atoms with E-state index in [1.807, 2.05) is 6.26 Å². The van der Waals surface area contributed by atoms with Crippen LogP contribution in [0.5, 0.6) is 0 Å². The van der Waals surface area contributed by atoms with Gasteiger partial charge in [-0.3, -0.25) is 0 Å². The van der Waals surface area contributed by atoms with Gasteiger partial charge in [0, 0.05) is 19.6 Å². The van der Waals surface area contributed by atoms with Crippen molar-refractivity contribution in [3.05, 3.63) is 0 Å². The standard InChI is InChI=1S/C10H17N5O2S/c1-18-10-13-8(11-2-5-16)12-9(14-10)15-3-6-17-7-4-15/h16H,2-7H2,1H3,(H,11,12,13,14). The Bertz CT molecular complexity index is 387. The quantitative estimate of drug-likeness (QED) is 0.715. The van der Waals surface area contributed by atoms with Crippen LogP contribution in [0.3, 0.4) is 0 Å². The lowest BCUT2D eigenvalue weighted by molar-refractivity contribution is 0.122. The van der Waals surface area contributed by atoms with Crippen LogP contribution in [-0.2, 0) is 4.74 Å². The minimum absolute atomic E-state index is 0.0488. The zero-order valence-corrected chi connectivity index (χ0v) is 11.1. The van der Waals surface area contributed by atoms with E-state index < -0.39 is 0 Å². The molecule has 0 amide bonds. The number of rotatable bonds is 5. The molecule has 8 heteroatoms. The molecular weight excluding hydrogens is 254 g/mol. The summed E-state index contributed by atoms with van der Waals surface area (Å²) >= 11 is 1.47. The van der Waals surface area contributed by atoms with Crippen molar-refractivity contribution < 1.29 is 9.84 Å². The van der Waals surface area contributed by atoms with Gasteiger partial charge in [0.25, 0.3) is 0 Å². The van der Waals surface area contributed by atoms with Crippen LogP contribution in [0.25, 0.3) is 0 Å². The maximum absolute atomic E-state index is 8.81. The number of hydrogen-bond donors (Lipinski definition) is 2.